The molecule has 1 aliphatic rings. The monoisotopic (exact) mass is 306 g/mol. The van der Waals surface area contributed by atoms with Crippen LogP contribution in [0.3, 0.4) is 0 Å². The van der Waals surface area contributed by atoms with E-state index in [9.17, 15) is 4.79 Å². The van der Waals surface area contributed by atoms with Crippen LogP contribution in [-0.2, 0) is 0 Å². The van der Waals surface area contributed by atoms with E-state index in [4.69, 9.17) is 0 Å². The van der Waals surface area contributed by atoms with Crippen molar-refractivity contribution in [1.82, 2.24) is 15.3 Å². The van der Waals surface area contributed by atoms with Gasteiger partial charge in [-0.15, -0.1) is 0 Å². The molecule has 2 aromatic rings. The highest BCUT2D eigenvalue weighted by Crippen LogP contribution is 2.23. The molecule has 2 N–H and O–H groups in total. The van der Waals surface area contributed by atoms with Crippen molar-refractivity contribution >= 4 is 38.7 Å². The fraction of sp³-hybridized carbons (Fsp3) is 0.250. The zero-order valence-electron chi connectivity index (χ0n) is 9.48. The number of rotatable bonds is 2. The Morgan fingerprint density at radius 1 is 1.39 bits per heavy atom. The molecule has 0 saturated heterocycles. The van der Waals surface area contributed by atoms with Gasteiger partial charge in [-0.25, -0.2) is 4.79 Å². The van der Waals surface area contributed by atoms with E-state index in [-0.39, 0.29) is 6.03 Å². The molecule has 0 aromatic carbocycles. The Morgan fingerprint density at radius 3 is 3.00 bits per heavy atom. The lowest BCUT2D eigenvalue weighted by atomic mass is 10.3. The Bertz CT molecular complexity index is 612. The second kappa shape index (κ2) is 4.53. The molecular formula is C12H11BrN4O. The van der Waals surface area contributed by atoms with Crippen LogP contribution in [0, 0.1) is 0 Å². The summed E-state index contributed by atoms with van der Waals surface area (Å²) >= 11 is 3.35. The zero-order chi connectivity index (χ0) is 12.5. The van der Waals surface area contributed by atoms with Crippen molar-refractivity contribution in [2.45, 2.75) is 18.9 Å². The van der Waals surface area contributed by atoms with Crippen molar-refractivity contribution in [3.63, 3.8) is 0 Å². The highest BCUT2D eigenvalue weighted by molar-refractivity contribution is 9.10. The van der Waals surface area contributed by atoms with E-state index in [0.29, 0.717) is 17.2 Å². The second-order valence-corrected chi connectivity index (χ2v) is 5.17. The van der Waals surface area contributed by atoms with Crippen molar-refractivity contribution < 1.29 is 4.79 Å². The van der Waals surface area contributed by atoms with Gasteiger partial charge in [0.25, 0.3) is 0 Å². The van der Waals surface area contributed by atoms with Gasteiger partial charge in [-0.3, -0.25) is 9.97 Å². The van der Waals surface area contributed by atoms with E-state index >= 15 is 0 Å². The number of carbonyl (C=O) groups is 1. The summed E-state index contributed by atoms with van der Waals surface area (Å²) in [4.78, 5) is 20.2. The van der Waals surface area contributed by atoms with Crippen molar-refractivity contribution in [3.05, 3.63) is 29.0 Å². The Hall–Kier alpha value is -1.69. The normalized spacial score (nSPS) is 14.5. The number of halogens is 1. The molecule has 0 radical (unpaired) electrons. The quantitative estimate of drug-likeness (QED) is 0.896. The Balaban J connectivity index is 1.88. The Morgan fingerprint density at radius 2 is 2.22 bits per heavy atom. The predicted molar refractivity (Wildman–Crippen MR) is 72.4 cm³/mol. The summed E-state index contributed by atoms with van der Waals surface area (Å²) in [5.74, 6) is 0. The number of urea groups is 1. The van der Waals surface area contributed by atoms with Crippen molar-refractivity contribution in [1.29, 1.82) is 0 Å². The third kappa shape index (κ3) is 2.43. The van der Waals surface area contributed by atoms with Gasteiger partial charge in [-0.1, -0.05) is 0 Å². The molecule has 2 aromatic heterocycles. The SMILES string of the molecule is O=C(Nc1ccnc2cc(Br)cnc12)NC1CC1. The van der Waals surface area contributed by atoms with Gasteiger partial charge in [0.1, 0.15) is 5.52 Å². The van der Waals surface area contributed by atoms with Gasteiger partial charge in [0.05, 0.1) is 11.2 Å². The van der Waals surface area contributed by atoms with Crippen LogP contribution in [0.1, 0.15) is 12.8 Å². The van der Waals surface area contributed by atoms with Crippen LogP contribution in [0.15, 0.2) is 29.0 Å². The average molecular weight is 307 g/mol. The molecule has 6 heteroatoms. The first-order valence-electron chi connectivity index (χ1n) is 5.70. The maximum absolute atomic E-state index is 11.7. The minimum Gasteiger partial charge on any atom is -0.335 e. The van der Waals surface area contributed by atoms with Crippen LogP contribution >= 0.6 is 15.9 Å². The van der Waals surface area contributed by atoms with Crippen LogP contribution in [0.25, 0.3) is 11.0 Å². The molecular weight excluding hydrogens is 296 g/mol. The molecule has 2 heterocycles. The fourth-order valence-electron chi connectivity index (χ4n) is 1.68. The summed E-state index contributed by atoms with van der Waals surface area (Å²) in [5.41, 5.74) is 2.10. The van der Waals surface area contributed by atoms with Crippen LogP contribution in [0.4, 0.5) is 10.5 Å². The Kier molecular flexibility index (Phi) is 2.87. The minimum absolute atomic E-state index is 0.185. The molecule has 0 aliphatic heterocycles. The van der Waals surface area contributed by atoms with Gasteiger partial charge >= 0.3 is 6.03 Å². The lowest BCUT2D eigenvalue weighted by Gasteiger charge is -2.08. The smallest absolute Gasteiger partial charge is 0.319 e. The zero-order valence-corrected chi connectivity index (χ0v) is 11.1. The van der Waals surface area contributed by atoms with Gasteiger partial charge in [0.15, 0.2) is 0 Å². The maximum Gasteiger partial charge on any atom is 0.319 e. The first-order chi connectivity index (χ1) is 8.72. The fourth-order valence-corrected chi connectivity index (χ4v) is 2.00. The number of carbonyl (C=O) groups excluding carboxylic acids is 1. The summed E-state index contributed by atoms with van der Waals surface area (Å²) in [6.07, 6.45) is 5.47. The number of aromatic nitrogens is 2. The number of nitrogens with zero attached hydrogens (tertiary/aromatic N) is 2. The molecule has 5 nitrogen and oxygen atoms in total. The maximum atomic E-state index is 11.7. The Labute approximate surface area is 112 Å². The van der Waals surface area contributed by atoms with Crippen LogP contribution < -0.4 is 10.6 Å². The topological polar surface area (TPSA) is 66.9 Å². The molecule has 0 unspecified atom stereocenters. The van der Waals surface area contributed by atoms with Crippen molar-refractivity contribution in [2.24, 2.45) is 0 Å². The lowest BCUT2D eigenvalue weighted by molar-refractivity contribution is 0.251. The molecule has 0 bridgehead atoms. The molecule has 0 atom stereocenters. The molecule has 0 spiro atoms. The van der Waals surface area contributed by atoms with Crippen LogP contribution in [0.2, 0.25) is 0 Å². The molecule has 18 heavy (non-hydrogen) atoms. The predicted octanol–water partition coefficient (Wildman–Crippen LogP) is 2.68. The van der Waals surface area contributed by atoms with E-state index in [1.165, 1.54) is 0 Å². The highest BCUT2D eigenvalue weighted by atomic mass is 79.9. The molecule has 1 fully saturated rings. The molecule has 1 aliphatic carbocycles. The number of pyridine rings is 2. The van der Waals surface area contributed by atoms with Gasteiger partial charge in [-0.05, 0) is 40.9 Å². The van der Waals surface area contributed by atoms with E-state index in [2.05, 4.69) is 36.5 Å². The molecule has 2 amide bonds. The van der Waals surface area contributed by atoms with Gasteiger partial charge in [0.2, 0.25) is 0 Å². The number of fused-ring (bicyclic) bond motifs is 1. The number of anilines is 1. The van der Waals surface area contributed by atoms with E-state index in [1.54, 1.807) is 18.5 Å². The average Bonchev–Trinajstić information content (AvgIpc) is 3.12. The molecule has 3 rings (SSSR count). The first kappa shape index (κ1) is 11.4. The number of nitrogens with one attached hydrogen (secondary N) is 2. The summed E-state index contributed by atoms with van der Waals surface area (Å²) in [6.45, 7) is 0. The van der Waals surface area contributed by atoms with Crippen LogP contribution in [0.5, 0.6) is 0 Å². The number of amides is 2. The second-order valence-electron chi connectivity index (χ2n) is 4.25. The van der Waals surface area contributed by atoms with E-state index in [1.807, 2.05) is 6.07 Å². The first-order valence-corrected chi connectivity index (χ1v) is 6.49. The number of hydrogen-bond donors (Lipinski definition) is 2. The van der Waals surface area contributed by atoms with Gasteiger partial charge in [-0.2, -0.15) is 0 Å². The third-order valence-electron chi connectivity index (χ3n) is 2.70. The summed E-state index contributed by atoms with van der Waals surface area (Å²) in [7, 11) is 0. The number of hydrogen-bond acceptors (Lipinski definition) is 3. The summed E-state index contributed by atoms with van der Waals surface area (Å²) in [6, 6.07) is 3.76. The highest BCUT2D eigenvalue weighted by Gasteiger charge is 2.23. The molecule has 1 saturated carbocycles. The summed E-state index contributed by atoms with van der Waals surface area (Å²) < 4.78 is 0.863. The third-order valence-corrected chi connectivity index (χ3v) is 3.14. The lowest BCUT2D eigenvalue weighted by Crippen LogP contribution is -2.30. The largest absolute Gasteiger partial charge is 0.335 e. The van der Waals surface area contributed by atoms with Crippen molar-refractivity contribution in [3.8, 4) is 0 Å². The molecule has 92 valence electrons. The van der Waals surface area contributed by atoms with E-state index < -0.39 is 0 Å². The van der Waals surface area contributed by atoms with E-state index in [0.717, 1.165) is 22.8 Å². The van der Waals surface area contributed by atoms with Crippen LogP contribution in [-0.4, -0.2) is 22.0 Å². The minimum atomic E-state index is -0.185. The standard InChI is InChI=1S/C12H11BrN4O/c13-7-5-10-11(15-6-7)9(3-4-14-10)17-12(18)16-8-1-2-8/h3-6,8H,1-2H2,(H2,14,16,17,18). The van der Waals surface area contributed by atoms with Gasteiger partial charge in [0, 0.05) is 22.9 Å². The van der Waals surface area contributed by atoms with Crippen molar-refractivity contribution in [2.75, 3.05) is 5.32 Å². The summed E-state index contributed by atoms with van der Waals surface area (Å²) in [5, 5.41) is 5.68. The van der Waals surface area contributed by atoms with Gasteiger partial charge < -0.3 is 10.6 Å².